The first-order valence-electron chi connectivity index (χ1n) is 4.08. The minimum absolute atomic E-state index is 0.256. The van der Waals surface area contributed by atoms with Gasteiger partial charge < -0.3 is 0 Å². The molecule has 0 aliphatic rings. The van der Waals surface area contributed by atoms with Gasteiger partial charge in [-0.1, -0.05) is 41.9 Å². The van der Waals surface area contributed by atoms with E-state index >= 15 is 0 Å². The van der Waals surface area contributed by atoms with Crippen LogP contribution >= 0.6 is 11.6 Å². The number of aromatic amines is 1. The normalized spacial score (nSPS) is 10.1. The summed E-state index contributed by atoms with van der Waals surface area (Å²) in [6.07, 6.45) is 0. The van der Waals surface area contributed by atoms with E-state index in [1.54, 1.807) is 0 Å². The van der Waals surface area contributed by atoms with Gasteiger partial charge in [-0.15, -0.1) is 0 Å². The Balaban J connectivity index is 2.62. The zero-order chi connectivity index (χ0) is 9.97. The molecular formula is C10H7ClN2O. The van der Waals surface area contributed by atoms with Crippen molar-refractivity contribution in [2.45, 2.75) is 0 Å². The van der Waals surface area contributed by atoms with Crippen molar-refractivity contribution in [1.82, 2.24) is 10.2 Å². The Hall–Kier alpha value is -1.61. The summed E-state index contributed by atoms with van der Waals surface area (Å²) in [4.78, 5) is 11.0. The van der Waals surface area contributed by atoms with Crippen LogP contribution in [0.4, 0.5) is 0 Å². The largest absolute Gasteiger partial charge is 0.268 e. The predicted octanol–water partition coefficient (Wildman–Crippen LogP) is 2.09. The molecule has 70 valence electrons. The number of hydrogen-bond donors (Lipinski definition) is 1. The zero-order valence-corrected chi connectivity index (χ0v) is 7.95. The van der Waals surface area contributed by atoms with Gasteiger partial charge in [0.05, 0.1) is 0 Å². The van der Waals surface area contributed by atoms with Crippen LogP contribution in [0.1, 0.15) is 0 Å². The highest BCUT2D eigenvalue weighted by Crippen LogP contribution is 2.23. The highest BCUT2D eigenvalue weighted by molar-refractivity contribution is 6.31. The van der Waals surface area contributed by atoms with Gasteiger partial charge in [-0.2, -0.15) is 5.10 Å². The van der Waals surface area contributed by atoms with Gasteiger partial charge in [0.2, 0.25) is 0 Å². The van der Waals surface area contributed by atoms with Crippen molar-refractivity contribution in [1.29, 1.82) is 0 Å². The molecule has 0 bridgehead atoms. The predicted molar refractivity (Wildman–Crippen MR) is 55.3 cm³/mol. The summed E-state index contributed by atoms with van der Waals surface area (Å²) in [7, 11) is 0. The van der Waals surface area contributed by atoms with E-state index in [4.69, 9.17) is 11.6 Å². The van der Waals surface area contributed by atoms with E-state index in [-0.39, 0.29) is 5.56 Å². The van der Waals surface area contributed by atoms with Crippen LogP contribution in [0.5, 0.6) is 0 Å². The van der Waals surface area contributed by atoms with Crippen molar-refractivity contribution in [2.24, 2.45) is 0 Å². The van der Waals surface area contributed by atoms with Crippen LogP contribution in [-0.4, -0.2) is 10.2 Å². The Kier molecular flexibility index (Phi) is 2.33. The van der Waals surface area contributed by atoms with Crippen molar-refractivity contribution in [3.8, 4) is 11.1 Å². The van der Waals surface area contributed by atoms with Crippen molar-refractivity contribution < 1.29 is 0 Å². The second-order valence-electron chi connectivity index (χ2n) is 2.80. The molecule has 0 aliphatic heterocycles. The molecule has 3 nitrogen and oxygen atoms in total. The van der Waals surface area contributed by atoms with Gasteiger partial charge in [0.1, 0.15) is 0 Å². The maximum atomic E-state index is 11.0. The molecule has 0 unspecified atom stereocenters. The quantitative estimate of drug-likeness (QED) is 0.777. The summed E-state index contributed by atoms with van der Waals surface area (Å²) in [5.74, 6) is 0. The van der Waals surface area contributed by atoms with E-state index in [0.29, 0.717) is 10.7 Å². The molecule has 2 rings (SSSR count). The molecule has 0 atom stereocenters. The summed E-state index contributed by atoms with van der Waals surface area (Å²) < 4.78 is 0. The maximum absolute atomic E-state index is 11.0. The molecule has 2 aromatic rings. The van der Waals surface area contributed by atoms with Crippen molar-refractivity contribution >= 4 is 11.6 Å². The molecule has 1 aromatic heterocycles. The van der Waals surface area contributed by atoms with E-state index < -0.39 is 0 Å². The number of aromatic nitrogens is 2. The van der Waals surface area contributed by atoms with Gasteiger partial charge in [0, 0.05) is 11.6 Å². The summed E-state index contributed by atoms with van der Waals surface area (Å²) in [6.45, 7) is 0. The number of rotatable bonds is 1. The highest BCUT2D eigenvalue weighted by atomic mass is 35.5. The van der Waals surface area contributed by atoms with Gasteiger partial charge in [-0.3, -0.25) is 4.79 Å². The molecule has 0 aliphatic carbocycles. The lowest BCUT2D eigenvalue weighted by molar-refractivity contribution is 0.991. The third-order valence-corrected chi connectivity index (χ3v) is 2.13. The molecule has 0 amide bonds. The second-order valence-corrected chi connectivity index (χ2v) is 3.16. The van der Waals surface area contributed by atoms with Crippen LogP contribution in [0.25, 0.3) is 11.1 Å². The molecule has 1 heterocycles. The highest BCUT2D eigenvalue weighted by Gasteiger charge is 2.04. The van der Waals surface area contributed by atoms with Crippen LogP contribution < -0.4 is 5.56 Å². The van der Waals surface area contributed by atoms with E-state index in [1.807, 2.05) is 30.3 Å². The number of hydrogen-bond acceptors (Lipinski definition) is 2. The molecule has 0 saturated carbocycles. The molecule has 0 spiro atoms. The summed E-state index contributed by atoms with van der Waals surface area (Å²) in [6, 6.07) is 10.9. The van der Waals surface area contributed by atoms with Gasteiger partial charge in [-0.25, -0.2) is 5.10 Å². The topological polar surface area (TPSA) is 45.8 Å². The van der Waals surface area contributed by atoms with E-state index in [9.17, 15) is 4.79 Å². The lowest BCUT2D eigenvalue weighted by Crippen LogP contribution is -2.06. The molecule has 14 heavy (non-hydrogen) atoms. The number of nitrogens with zero attached hydrogens (tertiary/aromatic N) is 1. The fourth-order valence-corrected chi connectivity index (χ4v) is 1.41. The van der Waals surface area contributed by atoms with Crippen LogP contribution in [0.15, 0.2) is 41.2 Å². The standard InChI is InChI=1S/C10H7ClN2O/c11-10-8(6-9(14)12-13-10)7-4-2-1-3-5-7/h1-6H,(H,12,14). The average Bonchev–Trinajstić information content (AvgIpc) is 2.23. The Morgan fingerprint density at radius 3 is 2.64 bits per heavy atom. The van der Waals surface area contributed by atoms with Crippen molar-refractivity contribution in [3.05, 3.63) is 51.9 Å². The van der Waals surface area contributed by atoms with Crippen LogP contribution in [-0.2, 0) is 0 Å². The minimum Gasteiger partial charge on any atom is -0.268 e. The Labute approximate surface area is 85.4 Å². The summed E-state index contributed by atoms with van der Waals surface area (Å²) in [5, 5.41) is 6.26. The molecular weight excluding hydrogens is 200 g/mol. The fourth-order valence-electron chi connectivity index (χ4n) is 1.21. The zero-order valence-electron chi connectivity index (χ0n) is 7.20. The Morgan fingerprint density at radius 2 is 1.93 bits per heavy atom. The monoisotopic (exact) mass is 206 g/mol. The van der Waals surface area contributed by atoms with Crippen molar-refractivity contribution in [3.63, 3.8) is 0 Å². The first-order valence-corrected chi connectivity index (χ1v) is 4.46. The molecule has 0 radical (unpaired) electrons. The number of halogens is 1. The van der Waals surface area contributed by atoms with Gasteiger partial charge in [0.25, 0.3) is 5.56 Å². The first-order chi connectivity index (χ1) is 6.77. The van der Waals surface area contributed by atoms with E-state index in [1.165, 1.54) is 6.07 Å². The van der Waals surface area contributed by atoms with Crippen LogP contribution in [0.3, 0.4) is 0 Å². The average molecular weight is 207 g/mol. The third-order valence-electron chi connectivity index (χ3n) is 1.85. The third kappa shape index (κ3) is 1.67. The SMILES string of the molecule is O=c1cc(-c2ccccc2)c(Cl)n[nH]1. The number of nitrogens with one attached hydrogen (secondary N) is 1. The second kappa shape index (κ2) is 3.64. The van der Waals surface area contributed by atoms with Crippen LogP contribution in [0.2, 0.25) is 5.15 Å². The molecule has 1 aromatic carbocycles. The maximum Gasteiger partial charge on any atom is 0.264 e. The molecule has 0 fully saturated rings. The summed E-state index contributed by atoms with van der Waals surface area (Å²) in [5.41, 5.74) is 1.28. The van der Waals surface area contributed by atoms with Gasteiger partial charge in [-0.05, 0) is 5.56 Å². The number of H-pyrrole nitrogens is 1. The molecule has 4 heteroatoms. The lowest BCUT2D eigenvalue weighted by atomic mass is 10.1. The lowest BCUT2D eigenvalue weighted by Gasteiger charge is -2.00. The van der Waals surface area contributed by atoms with E-state index in [0.717, 1.165) is 5.56 Å². The van der Waals surface area contributed by atoms with Crippen molar-refractivity contribution in [2.75, 3.05) is 0 Å². The van der Waals surface area contributed by atoms with Gasteiger partial charge in [0.15, 0.2) is 5.15 Å². The summed E-state index contributed by atoms with van der Waals surface area (Å²) >= 11 is 5.85. The fraction of sp³-hybridized carbons (Fsp3) is 0. The Morgan fingerprint density at radius 1 is 1.21 bits per heavy atom. The minimum atomic E-state index is -0.256. The number of benzene rings is 1. The van der Waals surface area contributed by atoms with Gasteiger partial charge >= 0.3 is 0 Å². The van der Waals surface area contributed by atoms with E-state index in [2.05, 4.69) is 10.2 Å². The Bertz CT molecular complexity index is 493. The van der Waals surface area contributed by atoms with Crippen LogP contribution in [0, 0.1) is 0 Å². The molecule has 1 N–H and O–H groups in total. The smallest absolute Gasteiger partial charge is 0.264 e. The first kappa shape index (κ1) is 8.97. The molecule has 0 saturated heterocycles.